The van der Waals surface area contributed by atoms with Crippen molar-refractivity contribution >= 4 is 23.3 Å². The van der Waals surface area contributed by atoms with Crippen LogP contribution in [0.25, 0.3) is 0 Å². The Morgan fingerprint density at radius 3 is 2.33 bits per heavy atom. The van der Waals surface area contributed by atoms with E-state index in [2.05, 4.69) is 9.97 Å². The average Bonchev–Trinajstić information content (AvgIpc) is 2.22. The fraction of sp³-hybridized carbons (Fsp3) is 0. The molecule has 1 aromatic carbocycles. The number of nitrogens with zero attached hydrogens (tertiary/aromatic N) is 1. The molecule has 0 amide bonds. The monoisotopic (exact) mass is 270 g/mol. The van der Waals surface area contributed by atoms with Gasteiger partial charge in [0.1, 0.15) is 17.5 Å². The summed E-state index contributed by atoms with van der Waals surface area (Å²) in [7, 11) is 0. The second-order valence-corrected chi connectivity index (χ2v) is 4.39. The second kappa shape index (κ2) is 4.65. The van der Waals surface area contributed by atoms with Crippen LogP contribution in [0.3, 0.4) is 0 Å². The Labute approximate surface area is 104 Å². The molecule has 2 rings (SSSR count). The number of halogens is 2. The molecule has 0 saturated carbocycles. The Balaban J connectivity index is 2.43. The molecule has 0 unspecified atom stereocenters. The van der Waals surface area contributed by atoms with Gasteiger partial charge in [-0.05, 0) is 23.9 Å². The number of rotatable bonds is 2. The van der Waals surface area contributed by atoms with Crippen LogP contribution in [0, 0.1) is 11.6 Å². The summed E-state index contributed by atoms with van der Waals surface area (Å²) in [5, 5.41) is 0.00238. The van der Waals surface area contributed by atoms with Crippen molar-refractivity contribution in [1.29, 1.82) is 0 Å². The number of nitrogens with one attached hydrogen (secondary N) is 1. The number of aromatic nitrogens is 2. The van der Waals surface area contributed by atoms with Crippen LogP contribution in [-0.2, 0) is 0 Å². The normalized spacial score (nSPS) is 10.6. The first-order valence-corrected chi connectivity index (χ1v) is 5.56. The number of H-pyrrole nitrogens is 1. The fourth-order valence-electron chi connectivity index (χ4n) is 1.28. The van der Waals surface area contributed by atoms with E-state index in [1.807, 2.05) is 0 Å². The lowest BCUT2D eigenvalue weighted by molar-refractivity contribution is 0.541. The molecule has 0 aliphatic carbocycles. The molecule has 0 bridgehead atoms. The third-order valence-electron chi connectivity index (χ3n) is 1.96. The van der Waals surface area contributed by atoms with E-state index < -0.39 is 17.2 Å². The molecular weight excluding hydrogens is 262 g/mol. The van der Waals surface area contributed by atoms with Crippen molar-refractivity contribution in [2.24, 2.45) is 0 Å². The maximum absolute atomic E-state index is 13.5. The van der Waals surface area contributed by atoms with Gasteiger partial charge in [0.25, 0.3) is 5.56 Å². The molecular formula is C10H8F2N4OS. The quantitative estimate of drug-likeness (QED) is 0.565. The number of anilines is 2. The minimum Gasteiger partial charge on any atom is -0.399 e. The van der Waals surface area contributed by atoms with E-state index in [-0.39, 0.29) is 21.6 Å². The van der Waals surface area contributed by atoms with Crippen LogP contribution < -0.4 is 17.0 Å². The van der Waals surface area contributed by atoms with Gasteiger partial charge >= 0.3 is 0 Å². The standard InChI is InChI=1S/C10H8F2N4OS/c11-5-1-4(13)2-6(12)9(5)18-10-15-7(14)3-8(17)16-10/h1-3H,13H2,(H3,14,15,16,17). The summed E-state index contributed by atoms with van der Waals surface area (Å²) >= 11 is 0.626. The highest BCUT2D eigenvalue weighted by Crippen LogP contribution is 2.30. The molecule has 18 heavy (non-hydrogen) atoms. The zero-order valence-corrected chi connectivity index (χ0v) is 9.72. The SMILES string of the molecule is Nc1cc(F)c(Sc2nc(N)cc(=O)[nH]2)c(F)c1. The van der Waals surface area contributed by atoms with Gasteiger partial charge in [0.15, 0.2) is 5.16 Å². The van der Waals surface area contributed by atoms with Crippen LogP contribution in [0.4, 0.5) is 20.3 Å². The van der Waals surface area contributed by atoms with Gasteiger partial charge < -0.3 is 16.5 Å². The Bertz CT molecular complexity index is 636. The van der Waals surface area contributed by atoms with Crippen molar-refractivity contribution in [2.75, 3.05) is 11.5 Å². The fourth-order valence-corrected chi connectivity index (χ4v) is 2.08. The molecule has 0 saturated heterocycles. The minimum absolute atomic E-state index is 0.00238. The molecule has 0 fully saturated rings. The molecule has 0 aliphatic rings. The zero-order chi connectivity index (χ0) is 13.3. The lowest BCUT2D eigenvalue weighted by atomic mass is 10.3. The summed E-state index contributed by atoms with van der Waals surface area (Å²) < 4.78 is 27.0. The van der Waals surface area contributed by atoms with E-state index in [0.29, 0.717) is 11.8 Å². The highest BCUT2D eigenvalue weighted by atomic mass is 32.2. The first kappa shape index (κ1) is 12.4. The molecule has 8 heteroatoms. The predicted octanol–water partition coefficient (Wildman–Crippen LogP) is 1.36. The van der Waals surface area contributed by atoms with Gasteiger partial charge in [-0.3, -0.25) is 4.79 Å². The van der Waals surface area contributed by atoms with Crippen LogP contribution in [-0.4, -0.2) is 9.97 Å². The summed E-state index contributed by atoms with van der Waals surface area (Å²) in [6.45, 7) is 0. The van der Waals surface area contributed by atoms with Gasteiger partial charge in [-0.15, -0.1) is 0 Å². The van der Waals surface area contributed by atoms with Gasteiger partial charge in [0.2, 0.25) is 0 Å². The van der Waals surface area contributed by atoms with Gasteiger partial charge in [0.05, 0.1) is 4.90 Å². The van der Waals surface area contributed by atoms with Gasteiger partial charge in [-0.1, -0.05) is 0 Å². The number of nitrogen functional groups attached to an aromatic ring is 2. The molecule has 5 nitrogen and oxygen atoms in total. The lowest BCUT2D eigenvalue weighted by Crippen LogP contribution is -2.09. The van der Waals surface area contributed by atoms with E-state index in [0.717, 1.165) is 18.2 Å². The van der Waals surface area contributed by atoms with Crippen LogP contribution in [0.15, 0.2) is 33.0 Å². The third kappa shape index (κ3) is 2.59. The summed E-state index contributed by atoms with van der Waals surface area (Å²) in [6, 6.07) is 3.03. The van der Waals surface area contributed by atoms with Crippen molar-refractivity contribution in [2.45, 2.75) is 10.1 Å². The molecule has 0 atom stereocenters. The Hall–Kier alpha value is -2.09. The van der Waals surface area contributed by atoms with Gasteiger partial charge in [-0.25, -0.2) is 13.8 Å². The van der Waals surface area contributed by atoms with Crippen molar-refractivity contribution < 1.29 is 8.78 Å². The third-order valence-corrected chi connectivity index (χ3v) is 2.94. The smallest absolute Gasteiger partial charge is 0.253 e. The van der Waals surface area contributed by atoms with E-state index in [4.69, 9.17) is 11.5 Å². The van der Waals surface area contributed by atoms with Crippen molar-refractivity contribution in [1.82, 2.24) is 9.97 Å². The summed E-state index contributed by atoms with van der Waals surface area (Å²) in [5.74, 6) is -1.69. The molecule has 0 spiro atoms. The molecule has 0 aliphatic heterocycles. The van der Waals surface area contributed by atoms with Crippen LogP contribution in [0.2, 0.25) is 0 Å². The van der Waals surface area contributed by atoms with E-state index in [9.17, 15) is 13.6 Å². The minimum atomic E-state index is -0.831. The van der Waals surface area contributed by atoms with E-state index in [1.54, 1.807) is 0 Å². The number of nitrogens with two attached hydrogens (primary N) is 2. The first-order valence-electron chi connectivity index (χ1n) is 4.75. The summed E-state index contributed by atoms with van der Waals surface area (Å²) in [5.41, 5.74) is 10.1. The molecule has 1 aromatic heterocycles. The van der Waals surface area contributed by atoms with Crippen LogP contribution in [0.5, 0.6) is 0 Å². The maximum Gasteiger partial charge on any atom is 0.253 e. The zero-order valence-electron chi connectivity index (χ0n) is 8.91. The molecule has 0 radical (unpaired) electrons. The number of hydrogen-bond acceptors (Lipinski definition) is 5. The lowest BCUT2D eigenvalue weighted by Gasteiger charge is -2.05. The molecule has 5 N–H and O–H groups in total. The van der Waals surface area contributed by atoms with Crippen molar-refractivity contribution in [3.63, 3.8) is 0 Å². The van der Waals surface area contributed by atoms with Crippen molar-refractivity contribution in [3.8, 4) is 0 Å². The highest BCUT2D eigenvalue weighted by molar-refractivity contribution is 7.99. The Morgan fingerprint density at radius 2 is 1.78 bits per heavy atom. The Kier molecular flexibility index (Phi) is 3.19. The maximum atomic E-state index is 13.5. The van der Waals surface area contributed by atoms with E-state index >= 15 is 0 Å². The number of aromatic amines is 1. The number of benzene rings is 1. The molecule has 1 heterocycles. The second-order valence-electron chi connectivity index (χ2n) is 3.39. The molecule has 2 aromatic rings. The topological polar surface area (TPSA) is 97.8 Å². The van der Waals surface area contributed by atoms with Gasteiger partial charge in [0, 0.05) is 11.8 Å². The van der Waals surface area contributed by atoms with Crippen LogP contribution in [0.1, 0.15) is 0 Å². The van der Waals surface area contributed by atoms with E-state index in [1.165, 1.54) is 0 Å². The summed E-state index contributed by atoms with van der Waals surface area (Å²) in [6.07, 6.45) is 0. The first-order chi connectivity index (χ1) is 8.45. The van der Waals surface area contributed by atoms with Gasteiger partial charge in [-0.2, -0.15) is 0 Å². The summed E-state index contributed by atoms with van der Waals surface area (Å²) in [4.78, 5) is 16.9. The largest absolute Gasteiger partial charge is 0.399 e. The average molecular weight is 270 g/mol. The molecule has 94 valence electrons. The highest BCUT2D eigenvalue weighted by Gasteiger charge is 2.13. The van der Waals surface area contributed by atoms with Crippen molar-refractivity contribution in [3.05, 3.63) is 40.2 Å². The predicted molar refractivity (Wildman–Crippen MR) is 64.2 cm³/mol. The number of hydrogen-bond donors (Lipinski definition) is 3. The Morgan fingerprint density at radius 1 is 1.17 bits per heavy atom. The van der Waals surface area contributed by atoms with Crippen LogP contribution >= 0.6 is 11.8 Å².